The summed E-state index contributed by atoms with van der Waals surface area (Å²) in [5.74, 6) is -1.13. The summed E-state index contributed by atoms with van der Waals surface area (Å²) in [4.78, 5) is 11.8. The zero-order chi connectivity index (χ0) is 17.3. The number of hydrogen-bond donors (Lipinski definition) is 1. The number of phenols is 1. The number of phenolic OH excluding ortho intramolecular Hbond substituents is 1. The van der Waals surface area contributed by atoms with Gasteiger partial charge in [0.05, 0.1) is 5.56 Å². The molecular weight excluding hydrogens is 313 g/mol. The van der Waals surface area contributed by atoms with E-state index in [0.717, 1.165) is 0 Å². The van der Waals surface area contributed by atoms with Gasteiger partial charge >= 0.3 is 12.1 Å². The van der Waals surface area contributed by atoms with E-state index in [-0.39, 0.29) is 17.7 Å². The number of alkyl halides is 3. The Bertz CT molecular complexity index is 471. The molecule has 1 aromatic carbocycles. The third kappa shape index (κ3) is 7.36. The highest BCUT2D eigenvalue weighted by Gasteiger charge is 2.42. The van der Waals surface area contributed by atoms with E-state index >= 15 is 0 Å². The first-order valence-corrected chi connectivity index (χ1v) is 7.49. The first-order chi connectivity index (χ1) is 10.8. The van der Waals surface area contributed by atoms with Crippen molar-refractivity contribution in [3.63, 3.8) is 0 Å². The van der Waals surface area contributed by atoms with Crippen LogP contribution < -0.4 is 0 Å². The van der Waals surface area contributed by atoms with Crippen molar-refractivity contribution in [1.82, 2.24) is 0 Å². The number of rotatable bonds is 9. The maximum Gasteiger partial charge on any atom is 0.425 e. The molecule has 0 fully saturated rings. The Morgan fingerprint density at radius 2 is 1.83 bits per heavy atom. The summed E-state index contributed by atoms with van der Waals surface area (Å²) in [6.45, 7) is 2.94. The molecular formula is C16H21F3O4. The topological polar surface area (TPSA) is 55.8 Å². The lowest BCUT2D eigenvalue weighted by Gasteiger charge is -2.20. The Morgan fingerprint density at radius 1 is 1.17 bits per heavy atom. The van der Waals surface area contributed by atoms with Gasteiger partial charge < -0.3 is 14.6 Å². The molecule has 130 valence electrons. The fourth-order valence-electron chi connectivity index (χ4n) is 1.94. The highest BCUT2D eigenvalue weighted by Crippen LogP contribution is 2.28. The van der Waals surface area contributed by atoms with Crippen molar-refractivity contribution in [3.8, 4) is 5.75 Å². The first-order valence-electron chi connectivity index (χ1n) is 7.49. The third-order valence-electron chi connectivity index (χ3n) is 3.18. The van der Waals surface area contributed by atoms with Crippen molar-refractivity contribution in [3.05, 3.63) is 29.8 Å². The minimum absolute atomic E-state index is 0.0339. The molecule has 7 heteroatoms. The smallest absolute Gasteiger partial charge is 0.425 e. The van der Waals surface area contributed by atoms with Crippen LogP contribution in [0.4, 0.5) is 13.2 Å². The Kier molecular flexibility index (Phi) is 7.88. The molecule has 4 nitrogen and oxygen atoms in total. The van der Waals surface area contributed by atoms with Gasteiger partial charge in [-0.1, -0.05) is 6.42 Å². The van der Waals surface area contributed by atoms with Gasteiger partial charge in [0.2, 0.25) is 0 Å². The SMILES string of the molecule is CCOCCCCCC(OC(=O)c1ccc(O)cc1)C(F)(F)F. The number of halogens is 3. The van der Waals surface area contributed by atoms with E-state index < -0.39 is 18.2 Å². The lowest BCUT2D eigenvalue weighted by Crippen LogP contribution is -2.33. The fraction of sp³-hybridized carbons (Fsp3) is 0.562. The Morgan fingerprint density at radius 3 is 2.39 bits per heavy atom. The molecule has 0 aromatic heterocycles. The molecule has 0 bridgehead atoms. The van der Waals surface area contributed by atoms with Gasteiger partial charge in [0.15, 0.2) is 6.10 Å². The van der Waals surface area contributed by atoms with Gasteiger partial charge in [-0.15, -0.1) is 0 Å². The zero-order valence-electron chi connectivity index (χ0n) is 12.9. The second-order valence-corrected chi connectivity index (χ2v) is 5.03. The summed E-state index contributed by atoms with van der Waals surface area (Å²) >= 11 is 0. The van der Waals surface area contributed by atoms with E-state index in [1.165, 1.54) is 24.3 Å². The van der Waals surface area contributed by atoms with E-state index in [2.05, 4.69) is 4.74 Å². The minimum Gasteiger partial charge on any atom is -0.508 e. The van der Waals surface area contributed by atoms with Crippen LogP contribution in [-0.2, 0) is 9.47 Å². The van der Waals surface area contributed by atoms with Crippen LogP contribution in [0.1, 0.15) is 43.0 Å². The van der Waals surface area contributed by atoms with Crippen LogP contribution in [-0.4, -0.2) is 36.6 Å². The summed E-state index contributed by atoms with van der Waals surface area (Å²) in [5.41, 5.74) is -0.0339. The standard InChI is InChI=1S/C16H21F3O4/c1-2-22-11-5-3-4-6-14(16(17,18)19)23-15(21)12-7-9-13(20)10-8-12/h7-10,14,20H,2-6,11H2,1H3. The van der Waals surface area contributed by atoms with Crippen LogP contribution in [0.25, 0.3) is 0 Å². The molecule has 0 aliphatic heterocycles. The van der Waals surface area contributed by atoms with Gasteiger partial charge in [-0.3, -0.25) is 0 Å². The van der Waals surface area contributed by atoms with Gasteiger partial charge in [-0.05, 0) is 50.5 Å². The van der Waals surface area contributed by atoms with E-state index in [0.29, 0.717) is 32.5 Å². The number of esters is 1. The zero-order valence-corrected chi connectivity index (χ0v) is 12.9. The minimum atomic E-state index is -4.60. The van der Waals surface area contributed by atoms with Crippen molar-refractivity contribution >= 4 is 5.97 Å². The molecule has 0 saturated carbocycles. The average molecular weight is 334 g/mol. The van der Waals surface area contributed by atoms with E-state index in [4.69, 9.17) is 9.84 Å². The molecule has 0 saturated heterocycles. The Hall–Kier alpha value is -1.76. The number of hydrogen-bond acceptors (Lipinski definition) is 4. The average Bonchev–Trinajstić information content (AvgIpc) is 2.49. The summed E-state index contributed by atoms with van der Waals surface area (Å²) in [7, 11) is 0. The molecule has 1 rings (SSSR count). The molecule has 1 unspecified atom stereocenters. The molecule has 0 heterocycles. The van der Waals surface area contributed by atoms with Gasteiger partial charge in [-0.2, -0.15) is 13.2 Å². The predicted molar refractivity (Wildman–Crippen MR) is 78.3 cm³/mol. The normalized spacial score (nSPS) is 12.9. The summed E-state index contributed by atoms with van der Waals surface area (Å²) in [6.07, 6.45) is -5.48. The molecule has 1 N–H and O–H groups in total. The molecule has 0 spiro atoms. The molecule has 0 amide bonds. The lowest BCUT2D eigenvalue weighted by atomic mass is 10.1. The number of carbonyl (C=O) groups excluding carboxylic acids is 1. The number of ether oxygens (including phenoxy) is 2. The quantitative estimate of drug-likeness (QED) is 0.546. The van der Waals surface area contributed by atoms with Gasteiger partial charge in [0.25, 0.3) is 0 Å². The predicted octanol–water partition coefficient (Wildman–Crippen LogP) is 4.08. The van der Waals surface area contributed by atoms with E-state index in [1.807, 2.05) is 6.92 Å². The van der Waals surface area contributed by atoms with Gasteiger partial charge in [0.1, 0.15) is 5.75 Å². The third-order valence-corrected chi connectivity index (χ3v) is 3.18. The maximum absolute atomic E-state index is 12.9. The number of unbranched alkanes of at least 4 members (excludes halogenated alkanes) is 2. The van der Waals surface area contributed by atoms with Crippen LogP contribution >= 0.6 is 0 Å². The first kappa shape index (κ1) is 19.3. The highest BCUT2D eigenvalue weighted by atomic mass is 19.4. The molecule has 23 heavy (non-hydrogen) atoms. The number of aromatic hydroxyl groups is 1. The van der Waals surface area contributed by atoms with Crippen molar-refractivity contribution in [1.29, 1.82) is 0 Å². The van der Waals surface area contributed by atoms with E-state index in [1.54, 1.807) is 0 Å². The monoisotopic (exact) mass is 334 g/mol. The maximum atomic E-state index is 12.9. The second-order valence-electron chi connectivity index (χ2n) is 5.03. The molecule has 1 atom stereocenters. The van der Waals surface area contributed by atoms with Gasteiger partial charge in [-0.25, -0.2) is 4.79 Å². The van der Waals surface area contributed by atoms with E-state index in [9.17, 15) is 18.0 Å². The van der Waals surface area contributed by atoms with Crippen molar-refractivity contribution < 1.29 is 32.5 Å². The molecule has 0 aliphatic carbocycles. The molecule has 0 radical (unpaired) electrons. The Balaban J connectivity index is 2.51. The molecule has 1 aromatic rings. The van der Waals surface area contributed by atoms with Crippen LogP contribution in [0.2, 0.25) is 0 Å². The van der Waals surface area contributed by atoms with Crippen LogP contribution in [0.5, 0.6) is 5.75 Å². The van der Waals surface area contributed by atoms with Gasteiger partial charge in [0, 0.05) is 13.2 Å². The summed E-state index contributed by atoms with van der Waals surface area (Å²) < 4.78 is 48.5. The summed E-state index contributed by atoms with van der Waals surface area (Å²) in [6, 6.07) is 4.86. The number of carbonyl (C=O) groups is 1. The van der Waals surface area contributed by atoms with Crippen LogP contribution in [0.15, 0.2) is 24.3 Å². The van der Waals surface area contributed by atoms with Crippen molar-refractivity contribution in [2.45, 2.75) is 44.9 Å². The fourth-order valence-corrected chi connectivity index (χ4v) is 1.94. The molecule has 0 aliphatic rings. The second kappa shape index (κ2) is 9.39. The highest BCUT2D eigenvalue weighted by molar-refractivity contribution is 5.89. The van der Waals surface area contributed by atoms with Crippen LogP contribution in [0, 0.1) is 0 Å². The number of benzene rings is 1. The Labute approximate surface area is 133 Å². The lowest BCUT2D eigenvalue weighted by molar-refractivity contribution is -0.206. The summed E-state index contributed by atoms with van der Waals surface area (Å²) in [5, 5.41) is 9.11. The largest absolute Gasteiger partial charge is 0.508 e. The van der Waals surface area contributed by atoms with Crippen molar-refractivity contribution in [2.75, 3.05) is 13.2 Å². The van der Waals surface area contributed by atoms with Crippen molar-refractivity contribution in [2.24, 2.45) is 0 Å². The van der Waals surface area contributed by atoms with Crippen LogP contribution in [0.3, 0.4) is 0 Å².